The molecule has 0 bridgehead atoms. The standard InChI is InChI=1S/C22H30N6O2/c1-16-8-9-20-17(12-16)13-18(22(30)23-20)14-27(10-5-11-29)15-21-24-25-26-28(21)19-6-3-2-4-7-19/h8-9,12-13,19,29H,2-7,10-11,14-15H2,1H3,(H,23,30). The Morgan fingerprint density at radius 1 is 1.20 bits per heavy atom. The summed E-state index contributed by atoms with van der Waals surface area (Å²) in [5.74, 6) is 0.827. The lowest BCUT2D eigenvalue weighted by molar-refractivity contribution is 0.201. The molecular formula is C22H30N6O2. The van der Waals surface area contributed by atoms with Crippen LogP contribution >= 0.6 is 0 Å². The molecule has 160 valence electrons. The number of hydrogen-bond acceptors (Lipinski definition) is 6. The molecule has 1 aromatic carbocycles. The van der Waals surface area contributed by atoms with Gasteiger partial charge in [0, 0.05) is 30.8 Å². The van der Waals surface area contributed by atoms with Gasteiger partial charge in [-0.15, -0.1) is 5.10 Å². The van der Waals surface area contributed by atoms with Crippen molar-refractivity contribution in [3.8, 4) is 0 Å². The number of benzene rings is 1. The fourth-order valence-electron chi connectivity index (χ4n) is 4.36. The maximum atomic E-state index is 12.7. The van der Waals surface area contributed by atoms with Crippen LogP contribution in [0.2, 0.25) is 0 Å². The molecule has 1 fully saturated rings. The molecule has 0 unspecified atom stereocenters. The number of H-pyrrole nitrogens is 1. The molecule has 0 spiro atoms. The minimum absolute atomic E-state index is 0.0766. The first-order valence-electron chi connectivity index (χ1n) is 10.9. The normalized spacial score (nSPS) is 15.3. The van der Waals surface area contributed by atoms with Crippen LogP contribution in [0.3, 0.4) is 0 Å². The van der Waals surface area contributed by atoms with Crippen molar-refractivity contribution in [3.63, 3.8) is 0 Å². The SMILES string of the molecule is Cc1ccc2[nH]c(=O)c(CN(CCCO)Cc3nnnn3C3CCCCC3)cc2c1. The Morgan fingerprint density at radius 2 is 2.03 bits per heavy atom. The van der Waals surface area contributed by atoms with Crippen LogP contribution in [0.15, 0.2) is 29.1 Å². The van der Waals surface area contributed by atoms with E-state index in [1.165, 1.54) is 19.3 Å². The Bertz CT molecular complexity index is 1040. The van der Waals surface area contributed by atoms with Crippen LogP contribution in [-0.4, -0.2) is 48.3 Å². The molecule has 1 aliphatic carbocycles. The van der Waals surface area contributed by atoms with Crippen LogP contribution in [0.4, 0.5) is 0 Å². The average molecular weight is 411 g/mol. The molecule has 3 aromatic rings. The van der Waals surface area contributed by atoms with Gasteiger partial charge in [0.1, 0.15) is 0 Å². The summed E-state index contributed by atoms with van der Waals surface area (Å²) in [5, 5.41) is 22.8. The van der Waals surface area contributed by atoms with Crippen LogP contribution in [0.5, 0.6) is 0 Å². The lowest BCUT2D eigenvalue weighted by Gasteiger charge is -2.25. The van der Waals surface area contributed by atoms with Crippen LogP contribution in [-0.2, 0) is 13.1 Å². The highest BCUT2D eigenvalue weighted by Gasteiger charge is 2.22. The third-order valence-corrected chi connectivity index (χ3v) is 5.95. The van der Waals surface area contributed by atoms with Gasteiger partial charge >= 0.3 is 0 Å². The Balaban J connectivity index is 1.57. The first kappa shape index (κ1) is 20.7. The monoisotopic (exact) mass is 410 g/mol. The van der Waals surface area contributed by atoms with Gasteiger partial charge in [0.15, 0.2) is 5.82 Å². The van der Waals surface area contributed by atoms with Crippen LogP contribution in [0.1, 0.15) is 61.5 Å². The molecule has 1 aliphatic rings. The first-order chi connectivity index (χ1) is 14.6. The Labute approximate surface area is 175 Å². The third kappa shape index (κ3) is 4.76. The molecule has 0 amide bonds. The van der Waals surface area contributed by atoms with Crippen LogP contribution < -0.4 is 5.56 Å². The molecule has 2 N–H and O–H groups in total. The fourth-order valence-corrected chi connectivity index (χ4v) is 4.36. The summed E-state index contributed by atoms with van der Waals surface area (Å²) in [7, 11) is 0. The van der Waals surface area contributed by atoms with E-state index in [1.54, 1.807) is 0 Å². The maximum Gasteiger partial charge on any atom is 0.252 e. The number of pyridine rings is 1. The summed E-state index contributed by atoms with van der Waals surface area (Å²) in [5.41, 5.74) is 2.64. The predicted molar refractivity (Wildman–Crippen MR) is 115 cm³/mol. The number of tetrazole rings is 1. The zero-order chi connectivity index (χ0) is 20.9. The molecule has 2 aromatic heterocycles. The first-order valence-corrected chi connectivity index (χ1v) is 10.9. The Kier molecular flexibility index (Phi) is 6.54. The number of nitrogens with zero attached hydrogens (tertiary/aromatic N) is 5. The summed E-state index contributed by atoms with van der Waals surface area (Å²) in [4.78, 5) is 17.8. The summed E-state index contributed by atoms with van der Waals surface area (Å²) in [6.07, 6.45) is 6.56. The summed E-state index contributed by atoms with van der Waals surface area (Å²) >= 11 is 0. The van der Waals surface area contributed by atoms with Gasteiger partial charge in [0.2, 0.25) is 0 Å². The number of aromatic amines is 1. The van der Waals surface area contributed by atoms with Crippen molar-refractivity contribution in [2.24, 2.45) is 0 Å². The number of hydrogen-bond donors (Lipinski definition) is 2. The molecule has 8 heteroatoms. The lowest BCUT2D eigenvalue weighted by atomic mass is 9.95. The Morgan fingerprint density at radius 3 is 2.83 bits per heavy atom. The van der Waals surface area contributed by atoms with Gasteiger partial charge in [-0.3, -0.25) is 9.69 Å². The van der Waals surface area contributed by atoms with Crippen molar-refractivity contribution in [1.82, 2.24) is 30.1 Å². The molecule has 8 nitrogen and oxygen atoms in total. The van der Waals surface area contributed by atoms with E-state index < -0.39 is 0 Å². The molecule has 0 aliphatic heterocycles. The van der Waals surface area contributed by atoms with Gasteiger partial charge < -0.3 is 10.1 Å². The fraction of sp³-hybridized carbons (Fsp3) is 0.545. The molecule has 4 rings (SSSR count). The van der Waals surface area contributed by atoms with Gasteiger partial charge in [0.25, 0.3) is 5.56 Å². The molecule has 2 heterocycles. The Hall–Kier alpha value is -2.58. The summed E-state index contributed by atoms with van der Waals surface area (Å²) in [6.45, 7) is 3.85. The molecule has 0 saturated heterocycles. The number of rotatable bonds is 8. The van der Waals surface area contributed by atoms with E-state index in [2.05, 4.69) is 31.5 Å². The van der Waals surface area contributed by atoms with Gasteiger partial charge in [-0.05, 0) is 60.2 Å². The third-order valence-electron chi connectivity index (χ3n) is 5.95. The highest BCUT2D eigenvalue weighted by Crippen LogP contribution is 2.28. The van der Waals surface area contributed by atoms with Crippen molar-refractivity contribution >= 4 is 10.9 Å². The van der Waals surface area contributed by atoms with Gasteiger partial charge in [-0.25, -0.2) is 4.68 Å². The van der Waals surface area contributed by atoms with Crippen LogP contribution in [0.25, 0.3) is 10.9 Å². The van der Waals surface area contributed by atoms with Crippen molar-refractivity contribution in [1.29, 1.82) is 0 Å². The van der Waals surface area contributed by atoms with E-state index in [1.807, 2.05) is 29.8 Å². The van der Waals surface area contributed by atoms with E-state index in [0.29, 0.717) is 37.7 Å². The molecular weight excluding hydrogens is 380 g/mol. The number of nitrogens with one attached hydrogen (secondary N) is 1. The lowest BCUT2D eigenvalue weighted by Crippen LogP contribution is -2.30. The van der Waals surface area contributed by atoms with Crippen molar-refractivity contribution < 1.29 is 5.11 Å². The number of aryl methyl sites for hydroxylation is 1. The zero-order valence-electron chi connectivity index (χ0n) is 17.5. The van der Waals surface area contributed by atoms with E-state index in [-0.39, 0.29) is 12.2 Å². The van der Waals surface area contributed by atoms with Gasteiger partial charge in [0.05, 0.1) is 12.6 Å². The smallest absolute Gasteiger partial charge is 0.252 e. The zero-order valence-corrected chi connectivity index (χ0v) is 17.5. The molecule has 30 heavy (non-hydrogen) atoms. The van der Waals surface area contributed by atoms with Gasteiger partial charge in [-0.2, -0.15) is 0 Å². The van der Waals surface area contributed by atoms with E-state index in [4.69, 9.17) is 0 Å². The van der Waals surface area contributed by atoms with E-state index in [9.17, 15) is 9.90 Å². The largest absolute Gasteiger partial charge is 0.396 e. The highest BCUT2D eigenvalue weighted by atomic mass is 16.3. The van der Waals surface area contributed by atoms with Crippen LogP contribution in [0, 0.1) is 6.92 Å². The minimum Gasteiger partial charge on any atom is -0.396 e. The number of aliphatic hydroxyl groups excluding tert-OH is 1. The second kappa shape index (κ2) is 9.49. The number of aliphatic hydroxyl groups is 1. The molecule has 1 saturated carbocycles. The van der Waals surface area contributed by atoms with Crippen molar-refractivity contribution in [2.75, 3.05) is 13.2 Å². The number of fused-ring (bicyclic) bond motifs is 1. The second-order valence-corrected chi connectivity index (χ2v) is 8.33. The van der Waals surface area contributed by atoms with Crippen molar-refractivity contribution in [2.45, 2.75) is 64.6 Å². The second-order valence-electron chi connectivity index (χ2n) is 8.33. The van der Waals surface area contributed by atoms with Gasteiger partial charge in [-0.1, -0.05) is 30.9 Å². The molecule has 0 radical (unpaired) electrons. The number of aromatic nitrogens is 5. The highest BCUT2D eigenvalue weighted by molar-refractivity contribution is 5.79. The minimum atomic E-state index is -0.0766. The van der Waals surface area contributed by atoms with E-state index >= 15 is 0 Å². The topological polar surface area (TPSA) is 99.9 Å². The summed E-state index contributed by atoms with van der Waals surface area (Å²) < 4.78 is 1.97. The van der Waals surface area contributed by atoms with Crippen molar-refractivity contribution in [3.05, 3.63) is 51.6 Å². The summed E-state index contributed by atoms with van der Waals surface area (Å²) in [6, 6.07) is 8.34. The molecule has 0 atom stereocenters. The average Bonchev–Trinajstić information content (AvgIpc) is 3.21. The quantitative estimate of drug-likeness (QED) is 0.592. The van der Waals surface area contributed by atoms with E-state index in [0.717, 1.165) is 35.1 Å². The predicted octanol–water partition coefficient (Wildman–Crippen LogP) is 2.71. The maximum absolute atomic E-state index is 12.7.